The van der Waals surface area contributed by atoms with E-state index < -0.39 is 0 Å². The molecule has 3 atom stereocenters. The molecule has 2 heterocycles. The standard InChI is InChI=1S/C13H21N3O2S/c1-2-12-14-13(19-15-12)16-6-7-18-8-10(16)9-4-3-5-11(9)17/h9-11,17H,2-8H2,1H3/t9-,10+,11-/m0/s1. The number of ether oxygens (including phenoxy) is 1. The molecule has 19 heavy (non-hydrogen) atoms. The van der Waals surface area contributed by atoms with Crippen molar-refractivity contribution in [1.82, 2.24) is 9.36 Å². The molecular formula is C13H21N3O2S. The van der Waals surface area contributed by atoms with Gasteiger partial charge in [0.05, 0.1) is 25.4 Å². The molecule has 1 N–H and O–H groups in total. The molecule has 1 aromatic rings. The van der Waals surface area contributed by atoms with Crippen LogP contribution in [0.3, 0.4) is 0 Å². The molecule has 0 spiro atoms. The van der Waals surface area contributed by atoms with Crippen molar-refractivity contribution in [1.29, 1.82) is 0 Å². The number of aryl methyl sites for hydroxylation is 1. The van der Waals surface area contributed by atoms with E-state index in [1.165, 1.54) is 11.5 Å². The van der Waals surface area contributed by atoms with Crippen LogP contribution >= 0.6 is 11.5 Å². The van der Waals surface area contributed by atoms with Crippen LogP contribution in [0.1, 0.15) is 32.0 Å². The smallest absolute Gasteiger partial charge is 0.205 e. The molecular weight excluding hydrogens is 262 g/mol. The topological polar surface area (TPSA) is 58.5 Å². The largest absolute Gasteiger partial charge is 0.393 e. The summed E-state index contributed by atoms with van der Waals surface area (Å²) in [7, 11) is 0. The molecule has 3 rings (SSSR count). The van der Waals surface area contributed by atoms with E-state index in [-0.39, 0.29) is 12.1 Å². The highest BCUT2D eigenvalue weighted by atomic mass is 32.1. The molecule has 0 bridgehead atoms. The summed E-state index contributed by atoms with van der Waals surface area (Å²) in [6.07, 6.45) is 3.81. The van der Waals surface area contributed by atoms with Gasteiger partial charge in [0.1, 0.15) is 5.82 Å². The van der Waals surface area contributed by atoms with E-state index in [4.69, 9.17) is 4.74 Å². The maximum atomic E-state index is 10.1. The normalized spacial score (nSPS) is 31.9. The van der Waals surface area contributed by atoms with Gasteiger partial charge in [-0.05, 0) is 12.8 Å². The minimum Gasteiger partial charge on any atom is -0.393 e. The van der Waals surface area contributed by atoms with Gasteiger partial charge in [0, 0.05) is 30.4 Å². The third kappa shape index (κ3) is 2.61. The lowest BCUT2D eigenvalue weighted by atomic mass is 9.94. The van der Waals surface area contributed by atoms with Crippen LogP contribution in [-0.2, 0) is 11.2 Å². The quantitative estimate of drug-likeness (QED) is 0.910. The Bertz CT molecular complexity index is 426. The predicted molar refractivity (Wildman–Crippen MR) is 74.6 cm³/mol. The lowest BCUT2D eigenvalue weighted by molar-refractivity contribution is 0.0414. The first-order valence-corrected chi connectivity index (χ1v) is 7.92. The molecule has 1 aliphatic heterocycles. The number of hydrogen-bond acceptors (Lipinski definition) is 6. The van der Waals surface area contributed by atoms with Crippen molar-refractivity contribution >= 4 is 16.7 Å². The van der Waals surface area contributed by atoms with E-state index in [0.717, 1.165) is 49.8 Å². The molecule has 0 amide bonds. The van der Waals surface area contributed by atoms with Crippen molar-refractivity contribution in [2.45, 2.75) is 44.8 Å². The second-order valence-corrected chi connectivity index (χ2v) is 6.07. The van der Waals surface area contributed by atoms with Crippen LogP contribution in [0.25, 0.3) is 0 Å². The van der Waals surface area contributed by atoms with Crippen LogP contribution in [-0.4, -0.2) is 46.4 Å². The molecule has 5 nitrogen and oxygen atoms in total. The van der Waals surface area contributed by atoms with Gasteiger partial charge >= 0.3 is 0 Å². The van der Waals surface area contributed by atoms with Gasteiger partial charge in [-0.3, -0.25) is 0 Å². The van der Waals surface area contributed by atoms with Gasteiger partial charge < -0.3 is 14.7 Å². The Morgan fingerprint density at radius 2 is 2.37 bits per heavy atom. The molecule has 0 radical (unpaired) electrons. The van der Waals surface area contributed by atoms with Crippen LogP contribution < -0.4 is 4.90 Å². The van der Waals surface area contributed by atoms with Gasteiger partial charge in [-0.2, -0.15) is 4.37 Å². The molecule has 0 aromatic carbocycles. The number of hydrogen-bond donors (Lipinski definition) is 1. The van der Waals surface area contributed by atoms with E-state index in [1.54, 1.807) is 0 Å². The summed E-state index contributed by atoms with van der Waals surface area (Å²) < 4.78 is 10.0. The molecule has 1 aromatic heterocycles. The van der Waals surface area contributed by atoms with E-state index in [0.29, 0.717) is 12.5 Å². The van der Waals surface area contributed by atoms with Gasteiger partial charge in [0.2, 0.25) is 5.13 Å². The SMILES string of the molecule is CCc1nsc(N2CCOC[C@@H]2[C@@H]2CCC[C@@H]2O)n1. The maximum Gasteiger partial charge on any atom is 0.205 e. The molecule has 0 unspecified atom stereocenters. The Morgan fingerprint density at radius 1 is 1.47 bits per heavy atom. The lowest BCUT2D eigenvalue weighted by Gasteiger charge is -2.39. The van der Waals surface area contributed by atoms with Crippen molar-refractivity contribution in [3.05, 3.63) is 5.82 Å². The minimum atomic E-state index is -0.187. The summed E-state index contributed by atoms with van der Waals surface area (Å²) in [6, 6.07) is 0.254. The van der Waals surface area contributed by atoms with Crippen molar-refractivity contribution in [3.63, 3.8) is 0 Å². The number of morpholine rings is 1. The zero-order chi connectivity index (χ0) is 13.2. The van der Waals surface area contributed by atoms with Crippen LogP contribution in [0.2, 0.25) is 0 Å². The molecule has 2 aliphatic rings. The van der Waals surface area contributed by atoms with Gasteiger partial charge in [-0.25, -0.2) is 4.98 Å². The first kappa shape index (κ1) is 13.3. The van der Waals surface area contributed by atoms with Crippen molar-refractivity contribution in [2.75, 3.05) is 24.7 Å². The average molecular weight is 283 g/mol. The Hall–Kier alpha value is -0.720. The number of aromatic nitrogens is 2. The Balaban J connectivity index is 1.80. The first-order chi connectivity index (χ1) is 9.29. The van der Waals surface area contributed by atoms with Gasteiger partial charge in [0.15, 0.2) is 0 Å². The van der Waals surface area contributed by atoms with Gasteiger partial charge in [-0.1, -0.05) is 13.3 Å². The summed E-state index contributed by atoms with van der Waals surface area (Å²) in [5.41, 5.74) is 0. The highest BCUT2D eigenvalue weighted by molar-refractivity contribution is 7.09. The maximum absolute atomic E-state index is 10.1. The number of aliphatic hydroxyl groups excluding tert-OH is 1. The predicted octanol–water partition coefficient (Wildman–Crippen LogP) is 1.47. The minimum absolute atomic E-state index is 0.187. The fraction of sp³-hybridized carbons (Fsp3) is 0.846. The van der Waals surface area contributed by atoms with E-state index in [1.807, 2.05) is 0 Å². The zero-order valence-electron chi connectivity index (χ0n) is 11.3. The number of nitrogens with zero attached hydrogens (tertiary/aromatic N) is 3. The summed E-state index contributed by atoms with van der Waals surface area (Å²) in [4.78, 5) is 6.90. The number of anilines is 1. The Kier molecular flexibility index (Phi) is 4.00. The van der Waals surface area contributed by atoms with Gasteiger partial charge in [-0.15, -0.1) is 0 Å². The van der Waals surface area contributed by atoms with Crippen LogP contribution in [0.4, 0.5) is 5.13 Å². The lowest BCUT2D eigenvalue weighted by Crippen LogP contribution is -2.51. The van der Waals surface area contributed by atoms with E-state index in [9.17, 15) is 5.11 Å². The van der Waals surface area contributed by atoms with Crippen molar-refractivity contribution < 1.29 is 9.84 Å². The molecule has 2 fully saturated rings. The fourth-order valence-corrected chi connectivity index (χ4v) is 3.97. The second-order valence-electron chi connectivity index (χ2n) is 5.34. The summed E-state index contributed by atoms with van der Waals surface area (Å²) in [6.45, 7) is 4.36. The van der Waals surface area contributed by atoms with E-state index in [2.05, 4.69) is 21.2 Å². The molecule has 6 heteroatoms. The van der Waals surface area contributed by atoms with Crippen molar-refractivity contribution in [2.24, 2.45) is 5.92 Å². The molecule has 106 valence electrons. The van der Waals surface area contributed by atoms with Crippen LogP contribution in [0.5, 0.6) is 0 Å². The average Bonchev–Trinajstić information content (AvgIpc) is 3.07. The number of aliphatic hydroxyl groups is 1. The summed E-state index contributed by atoms with van der Waals surface area (Å²) >= 11 is 1.47. The monoisotopic (exact) mass is 283 g/mol. The Labute approximate surface area is 117 Å². The summed E-state index contributed by atoms with van der Waals surface area (Å²) in [5.74, 6) is 1.23. The Morgan fingerprint density at radius 3 is 3.05 bits per heavy atom. The molecule has 1 aliphatic carbocycles. The van der Waals surface area contributed by atoms with Gasteiger partial charge in [0.25, 0.3) is 0 Å². The summed E-state index contributed by atoms with van der Waals surface area (Å²) in [5, 5.41) is 11.1. The highest BCUT2D eigenvalue weighted by Gasteiger charge is 2.38. The fourth-order valence-electron chi connectivity index (χ4n) is 3.14. The zero-order valence-corrected chi connectivity index (χ0v) is 12.1. The third-order valence-corrected chi connectivity index (χ3v) is 5.00. The molecule has 1 saturated heterocycles. The van der Waals surface area contributed by atoms with E-state index >= 15 is 0 Å². The van der Waals surface area contributed by atoms with Crippen molar-refractivity contribution in [3.8, 4) is 0 Å². The third-order valence-electron chi connectivity index (χ3n) is 4.21. The highest BCUT2D eigenvalue weighted by Crippen LogP contribution is 2.34. The first-order valence-electron chi connectivity index (χ1n) is 7.14. The molecule has 1 saturated carbocycles. The number of rotatable bonds is 3. The van der Waals surface area contributed by atoms with Crippen LogP contribution in [0.15, 0.2) is 0 Å². The van der Waals surface area contributed by atoms with Crippen LogP contribution in [0, 0.1) is 5.92 Å². The second kappa shape index (κ2) is 5.73.